The van der Waals surface area contributed by atoms with Crippen LogP contribution < -0.4 is 9.47 Å². The Hall–Kier alpha value is -1.84. The van der Waals surface area contributed by atoms with Gasteiger partial charge in [0.2, 0.25) is 0 Å². The molecular formula is C17H22O2Si. The second-order valence-corrected chi connectivity index (χ2v) is 6.32. The zero-order chi connectivity index (χ0) is 15.4. The van der Waals surface area contributed by atoms with Gasteiger partial charge in [0.1, 0.15) is 0 Å². The van der Waals surface area contributed by atoms with Crippen LogP contribution in [0.25, 0.3) is 0 Å². The standard InChI is InChI=1S/C17H22O2Si/c1-7-16(3,4)18-14-11-9-10-13(12-20)15(14)19-17(5,6)8-2/h1-2,9-11H,12H2,3-6,20H3. The SMILES string of the molecule is C#CC(C)(C)Oc1cccc(C[SiH3])c1OC(C)(C)C#C. The average Bonchev–Trinajstić information content (AvgIpc) is 2.40. The first kappa shape index (κ1) is 16.2. The molecule has 0 bridgehead atoms. The van der Waals surface area contributed by atoms with Gasteiger partial charge in [-0.1, -0.05) is 24.0 Å². The summed E-state index contributed by atoms with van der Waals surface area (Å²) in [5, 5.41) is 0. The lowest BCUT2D eigenvalue weighted by Gasteiger charge is -2.27. The monoisotopic (exact) mass is 286 g/mol. The van der Waals surface area contributed by atoms with Crippen molar-refractivity contribution in [1.29, 1.82) is 0 Å². The Labute approximate surface area is 125 Å². The largest absolute Gasteiger partial charge is 0.471 e. The molecule has 0 saturated heterocycles. The van der Waals surface area contributed by atoms with E-state index >= 15 is 0 Å². The molecule has 3 heteroatoms. The highest BCUT2D eigenvalue weighted by Crippen LogP contribution is 2.36. The third-order valence-electron chi connectivity index (χ3n) is 2.86. The average molecular weight is 286 g/mol. The first-order valence-corrected chi connectivity index (χ1v) is 8.11. The molecule has 0 aliphatic rings. The van der Waals surface area contributed by atoms with Gasteiger partial charge in [-0.3, -0.25) is 0 Å². The number of ether oxygens (including phenoxy) is 2. The predicted molar refractivity (Wildman–Crippen MR) is 87.2 cm³/mol. The summed E-state index contributed by atoms with van der Waals surface area (Å²) in [4.78, 5) is 0. The zero-order valence-electron chi connectivity index (χ0n) is 12.9. The first-order valence-electron chi connectivity index (χ1n) is 6.70. The van der Waals surface area contributed by atoms with Crippen LogP contribution in [-0.4, -0.2) is 21.4 Å². The maximum Gasteiger partial charge on any atom is 0.166 e. The molecule has 20 heavy (non-hydrogen) atoms. The van der Waals surface area contributed by atoms with Crippen molar-refractivity contribution in [1.82, 2.24) is 0 Å². The fraction of sp³-hybridized carbons (Fsp3) is 0.412. The van der Waals surface area contributed by atoms with E-state index in [1.807, 2.05) is 45.9 Å². The third kappa shape index (κ3) is 4.08. The van der Waals surface area contributed by atoms with Gasteiger partial charge in [-0.15, -0.1) is 12.8 Å². The smallest absolute Gasteiger partial charge is 0.166 e. The molecule has 2 nitrogen and oxygen atoms in total. The van der Waals surface area contributed by atoms with Crippen LogP contribution in [0.15, 0.2) is 18.2 Å². The van der Waals surface area contributed by atoms with Crippen LogP contribution >= 0.6 is 0 Å². The van der Waals surface area contributed by atoms with Crippen molar-refractivity contribution < 1.29 is 9.47 Å². The molecule has 0 atom stereocenters. The Balaban J connectivity index is 3.26. The maximum absolute atomic E-state index is 5.99. The summed E-state index contributed by atoms with van der Waals surface area (Å²) in [7, 11) is 1.03. The molecule has 0 heterocycles. The van der Waals surface area contributed by atoms with Crippen molar-refractivity contribution in [3.05, 3.63) is 23.8 Å². The molecule has 0 aliphatic carbocycles. The second-order valence-electron chi connectivity index (χ2n) is 5.61. The molecule has 0 radical (unpaired) electrons. The van der Waals surface area contributed by atoms with Gasteiger partial charge in [0, 0.05) is 10.2 Å². The summed E-state index contributed by atoms with van der Waals surface area (Å²) in [5.41, 5.74) is -0.279. The molecule has 0 amide bonds. The van der Waals surface area contributed by atoms with Gasteiger partial charge in [-0.2, -0.15) is 0 Å². The van der Waals surface area contributed by atoms with Gasteiger partial charge in [0.15, 0.2) is 22.7 Å². The van der Waals surface area contributed by atoms with E-state index in [0.29, 0.717) is 11.5 Å². The fourth-order valence-corrected chi connectivity index (χ4v) is 2.18. The van der Waals surface area contributed by atoms with Crippen molar-refractivity contribution in [2.24, 2.45) is 0 Å². The quantitative estimate of drug-likeness (QED) is 0.610. The lowest BCUT2D eigenvalue weighted by Crippen LogP contribution is -2.29. The summed E-state index contributed by atoms with van der Waals surface area (Å²) in [6.45, 7) is 7.40. The number of rotatable bonds is 5. The van der Waals surface area contributed by atoms with Gasteiger partial charge in [-0.25, -0.2) is 0 Å². The van der Waals surface area contributed by atoms with Crippen molar-refractivity contribution in [3.63, 3.8) is 0 Å². The van der Waals surface area contributed by atoms with Gasteiger partial charge in [0.05, 0.1) is 0 Å². The summed E-state index contributed by atoms with van der Waals surface area (Å²) < 4.78 is 11.9. The van der Waals surface area contributed by atoms with Gasteiger partial charge < -0.3 is 9.47 Å². The summed E-state index contributed by atoms with van der Waals surface area (Å²) in [5.74, 6) is 6.61. The first-order chi connectivity index (χ1) is 9.24. The molecule has 0 spiro atoms. The fourth-order valence-electron chi connectivity index (χ4n) is 1.62. The van der Waals surface area contributed by atoms with Crippen LogP contribution in [0.4, 0.5) is 0 Å². The van der Waals surface area contributed by atoms with Crippen LogP contribution in [0.2, 0.25) is 0 Å². The van der Waals surface area contributed by atoms with E-state index in [0.717, 1.165) is 21.9 Å². The van der Waals surface area contributed by atoms with E-state index in [1.54, 1.807) is 0 Å². The maximum atomic E-state index is 5.99. The lowest BCUT2D eigenvalue weighted by molar-refractivity contribution is 0.133. The van der Waals surface area contributed by atoms with Gasteiger partial charge in [0.25, 0.3) is 0 Å². The molecule has 0 unspecified atom stereocenters. The van der Waals surface area contributed by atoms with E-state index in [2.05, 4.69) is 11.8 Å². The van der Waals surface area contributed by atoms with Crippen LogP contribution in [0.1, 0.15) is 33.3 Å². The molecule has 0 saturated carbocycles. The van der Waals surface area contributed by atoms with Crippen LogP contribution in [0.3, 0.4) is 0 Å². The molecule has 106 valence electrons. The molecule has 0 fully saturated rings. The predicted octanol–water partition coefficient (Wildman–Crippen LogP) is 2.13. The second kappa shape index (κ2) is 6.07. The van der Waals surface area contributed by atoms with E-state index in [-0.39, 0.29) is 0 Å². The zero-order valence-corrected chi connectivity index (χ0v) is 14.9. The minimum Gasteiger partial charge on any atom is -0.471 e. The van der Waals surface area contributed by atoms with Gasteiger partial charge in [-0.05, 0) is 45.4 Å². The van der Waals surface area contributed by atoms with Gasteiger partial charge >= 0.3 is 0 Å². The Morgan fingerprint density at radius 1 is 1.05 bits per heavy atom. The minimum atomic E-state index is -0.692. The number of hydrogen-bond donors (Lipinski definition) is 0. The molecule has 1 aromatic carbocycles. The Bertz CT molecular complexity index is 559. The van der Waals surface area contributed by atoms with E-state index in [9.17, 15) is 0 Å². The van der Waals surface area contributed by atoms with E-state index in [4.69, 9.17) is 22.3 Å². The normalized spacial score (nSPS) is 11.5. The van der Waals surface area contributed by atoms with Crippen molar-refractivity contribution >= 4 is 10.2 Å². The van der Waals surface area contributed by atoms with Crippen LogP contribution in [0.5, 0.6) is 11.5 Å². The minimum absolute atomic E-state index is 0.643. The highest BCUT2D eigenvalue weighted by atomic mass is 28.1. The van der Waals surface area contributed by atoms with Crippen molar-refractivity contribution in [3.8, 4) is 36.2 Å². The van der Waals surface area contributed by atoms with E-state index in [1.165, 1.54) is 0 Å². The van der Waals surface area contributed by atoms with Crippen LogP contribution in [0, 0.1) is 24.7 Å². The molecule has 0 N–H and O–H groups in total. The molecular weight excluding hydrogens is 264 g/mol. The lowest BCUT2D eigenvalue weighted by atomic mass is 10.1. The Morgan fingerprint density at radius 2 is 1.60 bits per heavy atom. The number of terminal acetylenes is 2. The highest BCUT2D eigenvalue weighted by Gasteiger charge is 2.24. The Morgan fingerprint density at radius 3 is 2.10 bits per heavy atom. The summed E-state index contributed by atoms with van der Waals surface area (Å²) >= 11 is 0. The molecule has 1 rings (SSSR count). The highest BCUT2D eigenvalue weighted by molar-refractivity contribution is 6.08. The topological polar surface area (TPSA) is 18.5 Å². The molecule has 0 aliphatic heterocycles. The van der Waals surface area contributed by atoms with Crippen molar-refractivity contribution in [2.45, 2.75) is 44.9 Å². The third-order valence-corrected chi connectivity index (χ3v) is 3.62. The number of benzene rings is 1. The Kier molecular flexibility index (Phi) is 4.92. The number of hydrogen-bond acceptors (Lipinski definition) is 2. The van der Waals surface area contributed by atoms with E-state index < -0.39 is 11.2 Å². The van der Waals surface area contributed by atoms with Crippen molar-refractivity contribution in [2.75, 3.05) is 0 Å². The number of para-hydroxylation sites is 1. The molecule has 1 aromatic rings. The summed E-state index contributed by atoms with van der Waals surface area (Å²) in [6, 6.07) is 6.81. The summed E-state index contributed by atoms with van der Waals surface area (Å²) in [6.07, 6.45) is 11.0. The molecule has 0 aromatic heterocycles. The van der Waals surface area contributed by atoms with Crippen LogP contribution in [-0.2, 0) is 6.04 Å².